The summed E-state index contributed by atoms with van der Waals surface area (Å²) in [6.07, 6.45) is 0. The Kier molecular flexibility index (Phi) is 1.35. The molecule has 2 rings (SSSR count). The molecule has 0 aliphatic carbocycles. The number of aromatic amines is 1. The van der Waals surface area contributed by atoms with E-state index < -0.39 is 0 Å². The SMILES string of the molecule is O=c1o[nH]c2c(Br)cccc12. The predicted octanol–water partition coefficient (Wildman–Crippen LogP) is 1.88. The van der Waals surface area contributed by atoms with Crippen molar-refractivity contribution in [3.63, 3.8) is 0 Å². The van der Waals surface area contributed by atoms with E-state index in [1.807, 2.05) is 6.07 Å². The number of nitrogens with one attached hydrogen (secondary N) is 1. The predicted molar refractivity (Wildman–Crippen MR) is 44.5 cm³/mol. The zero-order chi connectivity index (χ0) is 7.84. The van der Waals surface area contributed by atoms with Gasteiger partial charge in [-0.2, -0.15) is 0 Å². The fraction of sp³-hybridized carbons (Fsp3) is 0. The van der Waals surface area contributed by atoms with Crippen molar-refractivity contribution in [3.05, 3.63) is 33.1 Å². The molecule has 1 heterocycles. The van der Waals surface area contributed by atoms with Gasteiger partial charge >= 0.3 is 5.63 Å². The standard InChI is InChI=1S/C7H4BrNO2/c8-5-3-1-2-4-6(5)9-11-7(4)10/h1-3,9H. The highest BCUT2D eigenvalue weighted by Gasteiger charge is 2.03. The Balaban J connectivity index is 3.06. The zero-order valence-electron chi connectivity index (χ0n) is 5.43. The Labute approximate surface area is 70.1 Å². The fourth-order valence-corrected chi connectivity index (χ4v) is 1.40. The summed E-state index contributed by atoms with van der Waals surface area (Å²) in [6.45, 7) is 0. The molecule has 1 N–H and O–H groups in total. The van der Waals surface area contributed by atoms with Crippen LogP contribution in [0.25, 0.3) is 10.9 Å². The van der Waals surface area contributed by atoms with E-state index in [-0.39, 0.29) is 5.63 Å². The maximum Gasteiger partial charge on any atom is 0.365 e. The lowest BCUT2D eigenvalue weighted by Gasteiger charge is -1.87. The second kappa shape index (κ2) is 2.23. The van der Waals surface area contributed by atoms with Gasteiger partial charge in [0.25, 0.3) is 0 Å². The van der Waals surface area contributed by atoms with Crippen LogP contribution in [0.5, 0.6) is 0 Å². The van der Waals surface area contributed by atoms with Crippen molar-refractivity contribution in [2.24, 2.45) is 0 Å². The smallest absolute Gasteiger partial charge is 0.338 e. The average molecular weight is 214 g/mol. The van der Waals surface area contributed by atoms with Crippen molar-refractivity contribution in [2.75, 3.05) is 0 Å². The lowest BCUT2D eigenvalue weighted by atomic mass is 10.3. The number of benzene rings is 1. The molecule has 0 fully saturated rings. The Hall–Kier alpha value is -1.03. The molecule has 56 valence electrons. The summed E-state index contributed by atoms with van der Waals surface area (Å²) in [6, 6.07) is 5.34. The molecule has 3 nitrogen and oxygen atoms in total. The van der Waals surface area contributed by atoms with Crippen LogP contribution in [0.3, 0.4) is 0 Å². The first-order chi connectivity index (χ1) is 5.29. The molecular formula is C7H4BrNO2. The highest BCUT2D eigenvalue weighted by molar-refractivity contribution is 9.10. The third-order valence-electron chi connectivity index (χ3n) is 1.48. The summed E-state index contributed by atoms with van der Waals surface area (Å²) in [5, 5.41) is 3.09. The minimum absolute atomic E-state index is 0.332. The van der Waals surface area contributed by atoms with Gasteiger partial charge in [0.15, 0.2) is 0 Å². The molecule has 1 aromatic carbocycles. The van der Waals surface area contributed by atoms with Gasteiger partial charge < -0.3 is 4.52 Å². The minimum atomic E-state index is -0.332. The van der Waals surface area contributed by atoms with Crippen LogP contribution in [0.2, 0.25) is 0 Å². The average Bonchev–Trinajstić information content (AvgIpc) is 2.35. The Bertz CT molecular complexity index is 443. The first-order valence-electron chi connectivity index (χ1n) is 3.05. The zero-order valence-corrected chi connectivity index (χ0v) is 7.01. The number of halogens is 1. The highest BCUT2D eigenvalue weighted by atomic mass is 79.9. The topological polar surface area (TPSA) is 46.0 Å². The number of hydrogen-bond acceptors (Lipinski definition) is 2. The number of fused-ring (bicyclic) bond motifs is 1. The molecule has 0 saturated heterocycles. The van der Waals surface area contributed by atoms with Crippen molar-refractivity contribution in [2.45, 2.75) is 0 Å². The first-order valence-corrected chi connectivity index (χ1v) is 3.84. The molecule has 0 aliphatic heterocycles. The summed E-state index contributed by atoms with van der Waals surface area (Å²) in [5.74, 6) is 0. The van der Waals surface area contributed by atoms with Gasteiger partial charge in [-0.15, -0.1) is 0 Å². The van der Waals surface area contributed by atoms with Crippen LogP contribution in [0.1, 0.15) is 0 Å². The van der Waals surface area contributed by atoms with Crippen LogP contribution >= 0.6 is 15.9 Å². The molecule has 0 aliphatic rings. The first kappa shape index (κ1) is 6.67. The second-order valence-corrected chi connectivity index (χ2v) is 3.01. The number of H-pyrrole nitrogens is 1. The van der Waals surface area contributed by atoms with Crippen molar-refractivity contribution >= 4 is 26.8 Å². The van der Waals surface area contributed by atoms with Gasteiger partial charge in [-0.3, -0.25) is 0 Å². The third kappa shape index (κ3) is 0.903. The van der Waals surface area contributed by atoms with Gasteiger partial charge in [-0.25, -0.2) is 9.95 Å². The Morgan fingerprint density at radius 3 is 3.00 bits per heavy atom. The van der Waals surface area contributed by atoms with Gasteiger partial charge in [0.1, 0.15) is 5.52 Å². The van der Waals surface area contributed by atoms with E-state index >= 15 is 0 Å². The third-order valence-corrected chi connectivity index (χ3v) is 2.14. The maximum absolute atomic E-state index is 10.9. The van der Waals surface area contributed by atoms with E-state index in [0.717, 1.165) is 4.47 Å². The summed E-state index contributed by atoms with van der Waals surface area (Å²) in [7, 11) is 0. The summed E-state index contributed by atoms with van der Waals surface area (Å²) >= 11 is 3.28. The van der Waals surface area contributed by atoms with Crippen LogP contribution in [0.4, 0.5) is 0 Å². The van der Waals surface area contributed by atoms with Crippen molar-refractivity contribution in [1.82, 2.24) is 5.16 Å². The normalized spacial score (nSPS) is 10.6. The Morgan fingerprint density at radius 1 is 1.45 bits per heavy atom. The molecule has 0 amide bonds. The van der Waals surface area contributed by atoms with Crippen LogP contribution in [-0.4, -0.2) is 5.16 Å². The lowest BCUT2D eigenvalue weighted by molar-refractivity contribution is 0.399. The highest BCUT2D eigenvalue weighted by Crippen LogP contribution is 2.18. The van der Waals surface area contributed by atoms with Gasteiger partial charge in [-0.05, 0) is 28.1 Å². The number of para-hydroxylation sites is 1. The van der Waals surface area contributed by atoms with E-state index in [9.17, 15) is 4.79 Å². The molecule has 0 atom stereocenters. The second-order valence-electron chi connectivity index (χ2n) is 2.15. The van der Waals surface area contributed by atoms with E-state index in [1.54, 1.807) is 12.1 Å². The molecule has 0 bridgehead atoms. The molecule has 0 radical (unpaired) electrons. The summed E-state index contributed by atoms with van der Waals surface area (Å²) < 4.78 is 5.42. The van der Waals surface area contributed by atoms with Crippen LogP contribution in [-0.2, 0) is 0 Å². The van der Waals surface area contributed by atoms with Gasteiger partial charge in [0, 0.05) is 4.47 Å². The molecule has 2 aromatic rings. The van der Waals surface area contributed by atoms with Crippen LogP contribution in [0.15, 0.2) is 32.0 Å². The van der Waals surface area contributed by atoms with Crippen molar-refractivity contribution < 1.29 is 4.52 Å². The Morgan fingerprint density at radius 2 is 2.27 bits per heavy atom. The quantitative estimate of drug-likeness (QED) is 0.727. The molecule has 0 saturated carbocycles. The molecule has 11 heavy (non-hydrogen) atoms. The number of rotatable bonds is 0. The molecule has 0 unspecified atom stereocenters. The molecular weight excluding hydrogens is 210 g/mol. The lowest BCUT2D eigenvalue weighted by Crippen LogP contribution is -1.89. The largest absolute Gasteiger partial charge is 0.365 e. The fourth-order valence-electron chi connectivity index (χ4n) is 0.950. The molecule has 0 spiro atoms. The van der Waals surface area contributed by atoms with Gasteiger partial charge in [0.2, 0.25) is 0 Å². The van der Waals surface area contributed by atoms with Crippen molar-refractivity contribution in [3.8, 4) is 0 Å². The van der Waals surface area contributed by atoms with Crippen LogP contribution in [0, 0.1) is 0 Å². The van der Waals surface area contributed by atoms with E-state index in [1.165, 1.54) is 0 Å². The molecule has 4 heteroatoms. The summed E-state index contributed by atoms with van der Waals surface area (Å²) in [5.41, 5.74) is 0.374. The number of hydrogen-bond donors (Lipinski definition) is 1. The van der Waals surface area contributed by atoms with Gasteiger partial charge in [-0.1, -0.05) is 6.07 Å². The van der Waals surface area contributed by atoms with E-state index in [2.05, 4.69) is 25.6 Å². The van der Waals surface area contributed by atoms with Gasteiger partial charge in [0.05, 0.1) is 5.39 Å². The molecule has 1 aromatic heterocycles. The minimum Gasteiger partial charge on any atom is -0.338 e. The van der Waals surface area contributed by atoms with Crippen LogP contribution < -0.4 is 5.63 Å². The van der Waals surface area contributed by atoms with E-state index in [0.29, 0.717) is 10.9 Å². The maximum atomic E-state index is 10.9. The monoisotopic (exact) mass is 213 g/mol. The summed E-state index contributed by atoms with van der Waals surface area (Å²) in [4.78, 5) is 10.9. The van der Waals surface area contributed by atoms with E-state index in [4.69, 9.17) is 0 Å². The number of aromatic nitrogens is 1. The van der Waals surface area contributed by atoms with Crippen molar-refractivity contribution in [1.29, 1.82) is 0 Å².